The SMILES string of the molecule is Cc1cc(CN(Cc2cc3c(nc2N(CC2CC2)CC2CC2)C(C)(C)CCC3)c2nnn(C)n2)cc(C(F)(F)F)c1. The molecule has 3 aromatic rings. The smallest absolute Gasteiger partial charge is 0.356 e. The van der Waals surface area contributed by atoms with Gasteiger partial charge in [-0.05, 0) is 98.2 Å². The minimum Gasteiger partial charge on any atom is -0.356 e. The number of rotatable bonds is 10. The summed E-state index contributed by atoms with van der Waals surface area (Å²) in [6, 6.07) is 6.54. The second-order valence-electron chi connectivity index (χ2n) is 13.1. The molecule has 3 aliphatic carbocycles. The van der Waals surface area contributed by atoms with Crippen LogP contribution in [0.2, 0.25) is 0 Å². The van der Waals surface area contributed by atoms with E-state index in [4.69, 9.17) is 4.98 Å². The monoisotopic (exact) mass is 567 g/mol. The largest absolute Gasteiger partial charge is 0.416 e. The molecule has 10 heteroatoms. The number of hydrogen-bond donors (Lipinski definition) is 0. The summed E-state index contributed by atoms with van der Waals surface area (Å²) in [6.07, 6.45) is 3.85. The maximum absolute atomic E-state index is 13.7. The third-order valence-electron chi connectivity index (χ3n) is 8.68. The molecular weight excluding hydrogens is 527 g/mol. The molecule has 0 atom stereocenters. The van der Waals surface area contributed by atoms with Crippen LogP contribution in [0.1, 0.15) is 85.9 Å². The average molecular weight is 568 g/mol. The molecule has 0 amide bonds. The summed E-state index contributed by atoms with van der Waals surface area (Å²) in [6.45, 7) is 8.95. The number of aromatic nitrogens is 5. The third kappa shape index (κ3) is 6.51. The first-order valence-corrected chi connectivity index (χ1v) is 14.9. The zero-order valence-corrected chi connectivity index (χ0v) is 24.5. The maximum atomic E-state index is 13.7. The fourth-order valence-electron chi connectivity index (χ4n) is 6.21. The number of hydrogen-bond acceptors (Lipinski definition) is 6. The van der Waals surface area contributed by atoms with Gasteiger partial charge in [-0.25, -0.2) is 4.98 Å². The van der Waals surface area contributed by atoms with Gasteiger partial charge in [-0.3, -0.25) is 0 Å². The van der Waals surface area contributed by atoms with Crippen LogP contribution in [-0.4, -0.2) is 38.3 Å². The van der Waals surface area contributed by atoms with E-state index in [9.17, 15) is 13.2 Å². The lowest BCUT2D eigenvalue weighted by Crippen LogP contribution is -2.34. The van der Waals surface area contributed by atoms with Crippen LogP contribution in [0.3, 0.4) is 0 Å². The summed E-state index contributed by atoms with van der Waals surface area (Å²) in [5.41, 5.74) is 4.05. The molecule has 0 N–H and O–H groups in total. The summed E-state index contributed by atoms with van der Waals surface area (Å²) in [5.74, 6) is 2.82. The fourth-order valence-corrected chi connectivity index (χ4v) is 6.21. The molecule has 2 fully saturated rings. The third-order valence-corrected chi connectivity index (χ3v) is 8.68. The van der Waals surface area contributed by atoms with Crippen molar-refractivity contribution in [2.24, 2.45) is 18.9 Å². The molecule has 2 heterocycles. The Bertz CT molecular complexity index is 1390. The minimum atomic E-state index is -4.41. The highest BCUT2D eigenvalue weighted by atomic mass is 19.4. The Morgan fingerprint density at radius 2 is 1.68 bits per heavy atom. The van der Waals surface area contributed by atoms with Crippen LogP contribution in [0, 0.1) is 18.8 Å². The van der Waals surface area contributed by atoms with Gasteiger partial charge < -0.3 is 9.80 Å². The lowest BCUT2D eigenvalue weighted by Gasteiger charge is -2.35. The van der Waals surface area contributed by atoms with Crippen molar-refractivity contribution in [3.63, 3.8) is 0 Å². The van der Waals surface area contributed by atoms with Crippen molar-refractivity contribution in [1.82, 2.24) is 25.2 Å². The van der Waals surface area contributed by atoms with E-state index in [0.29, 0.717) is 35.5 Å². The average Bonchev–Trinajstić information content (AvgIpc) is 3.82. The number of alkyl halides is 3. The number of aryl methyl sites for hydroxylation is 3. The molecule has 0 spiro atoms. The number of benzene rings is 1. The first-order chi connectivity index (χ1) is 19.4. The molecule has 7 nitrogen and oxygen atoms in total. The Labute approximate surface area is 240 Å². The normalized spacial score (nSPS) is 18.3. The molecule has 6 rings (SSSR count). The van der Waals surface area contributed by atoms with Gasteiger partial charge >= 0.3 is 6.18 Å². The van der Waals surface area contributed by atoms with Crippen molar-refractivity contribution < 1.29 is 13.2 Å². The highest BCUT2D eigenvalue weighted by Gasteiger charge is 2.35. The molecule has 0 bridgehead atoms. The second kappa shape index (κ2) is 10.6. The van der Waals surface area contributed by atoms with Gasteiger partial charge in [-0.15, -0.1) is 5.10 Å². The second-order valence-corrected chi connectivity index (χ2v) is 13.1. The molecule has 220 valence electrons. The number of nitrogens with zero attached hydrogens (tertiary/aromatic N) is 7. The van der Waals surface area contributed by atoms with E-state index in [1.807, 2.05) is 4.90 Å². The summed E-state index contributed by atoms with van der Waals surface area (Å²) < 4.78 is 41.0. The van der Waals surface area contributed by atoms with E-state index >= 15 is 0 Å². The van der Waals surface area contributed by atoms with E-state index in [2.05, 4.69) is 40.2 Å². The Morgan fingerprint density at radius 3 is 2.29 bits per heavy atom. The summed E-state index contributed by atoms with van der Waals surface area (Å²) in [5, 5.41) is 12.8. The van der Waals surface area contributed by atoms with E-state index in [1.165, 1.54) is 53.9 Å². The van der Waals surface area contributed by atoms with Crippen LogP contribution >= 0.6 is 0 Å². The van der Waals surface area contributed by atoms with E-state index in [1.54, 1.807) is 20.0 Å². The Kier molecular flexibility index (Phi) is 7.22. The maximum Gasteiger partial charge on any atom is 0.416 e. The van der Waals surface area contributed by atoms with Gasteiger partial charge in [0.1, 0.15) is 5.82 Å². The number of tetrazole rings is 1. The van der Waals surface area contributed by atoms with Gasteiger partial charge in [0.15, 0.2) is 0 Å². The minimum absolute atomic E-state index is 0.00735. The highest BCUT2D eigenvalue weighted by molar-refractivity contribution is 5.54. The van der Waals surface area contributed by atoms with Gasteiger partial charge in [0, 0.05) is 37.2 Å². The Morgan fingerprint density at radius 1 is 0.976 bits per heavy atom. The molecular formula is C31H40F3N7. The molecule has 3 aliphatic rings. The molecule has 0 unspecified atom stereocenters. The van der Waals surface area contributed by atoms with Crippen molar-refractivity contribution in [2.75, 3.05) is 22.9 Å². The molecule has 2 aromatic heterocycles. The number of anilines is 2. The molecule has 41 heavy (non-hydrogen) atoms. The van der Waals surface area contributed by atoms with Gasteiger partial charge in [-0.1, -0.05) is 30.6 Å². The fraction of sp³-hybridized carbons (Fsp3) is 0.613. The quantitative estimate of drug-likeness (QED) is 0.283. The van der Waals surface area contributed by atoms with E-state index < -0.39 is 11.7 Å². The van der Waals surface area contributed by atoms with E-state index in [-0.39, 0.29) is 12.0 Å². The van der Waals surface area contributed by atoms with Gasteiger partial charge in [0.2, 0.25) is 0 Å². The molecule has 1 aromatic carbocycles. The standard InChI is InChI=1S/C31H40F3N7/c1-20-12-23(14-26(13-20)31(32,33)34)18-41(29-36-38-39(4)37-29)19-25-15-24-6-5-11-30(2,3)27(24)35-28(25)40(16-21-7-8-21)17-22-9-10-22/h12-15,21-22H,5-11,16-19H2,1-4H3. The van der Waals surface area contributed by atoms with Crippen LogP contribution in [0.4, 0.5) is 24.9 Å². The topological polar surface area (TPSA) is 63.0 Å². The molecule has 2 saturated carbocycles. The predicted molar refractivity (Wildman–Crippen MR) is 153 cm³/mol. The van der Waals surface area contributed by atoms with Crippen molar-refractivity contribution in [3.8, 4) is 0 Å². The van der Waals surface area contributed by atoms with Crippen LogP contribution in [0.15, 0.2) is 24.3 Å². The number of pyridine rings is 1. The van der Waals surface area contributed by atoms with Crippen LogP contribution in [-0.2, 0) is 38.1 Å². The summed E-state index contributed by atoms with van der Waals surface area (Å²) in [7, 11) is 1.70. The number of fused-ring (bicyclic) bond motifs is 1. The Hall–Kier alpha value is -3.17. The zero-order chi connectivity index (χ0) is 28.9. The van der Waals surface area contributed by atoms with Crippen LogP contribution < -0.4 is 9.80 Å². The van der Waals surface area contributed by atoms with Crippen molar-refractivity contribution in [3.05, 3.63) is 57.8 Å². The Balaban J connectivity index is 1.41. The van der Waals surface area contributed by atoms with Crippen molar-refractivity contribution in [1.29, 1.82) is 0 Å². The summed E-state index contributed by atoms with van der Waals surface area (Å²) >= 11 is 0. The molecule has 0 radical (unpaired) electrons. The van der Waals surface area contributed by atoms with Crippen molar-refractivity contribution in [2.45, 2.75) is 90.4 Å². The summed E-state index contributed by atoms with van der Waals surface area (Å²) in [4.78, 5) is 11.3. The highest BCUT2D eigenvalue weighted by Crippen LogP contribution is 2.41. The lowest BCUT2D eigenvalue weighted by atomic mass is 9.75. The van der Waals surface area contributed by atoms with Crippen LogP contribution in [0.5, 0.6) is 0 Å². The van der Waals surface area contributed by atoms with Gasteiger partial charge in [0.25, 0.3) is 5.95 Å². The predicted octanol–water partition coefficient (Wildman–Crippen LogP) is 6.38. The zero-order valence-electron chi connectivity index (χ0n) is 24.5. The van der Waals surface area contributed by atoms with Crippen LogP contribution in [0.25, 0.3) is 0 Å². The molecule has 0 saturated heterocycles. The first kappa shape index (κ1) is 28.0. The van der Waals surface area contributed by atoms with E-state index in [0.717, 1.165) is 43.7 Å². The molecule has 0 aliphatic heterocycles. The number of halogens is 3. The van der Waals surface area contributed by atoms with Gasteiger partial charge in [0.05, 0.1) is 18.3 Å². The van der Waals surface area contributed by atoms with Crippen molar-refractivity contribution >= 4 is 11.8 Å². The van der Waals surface area contributed by atoms with Gasteiger partial charge in [-0.2, -0.15) is 18.0 Å². The first-order valence-electron chi connectivity index (χ1n) is 14.9. The lowest BCUT2D eigenvalue weighted by molar-refractivity contribution is -0.137.